The van der Waals surface area contributed by atoms with Crippen LogP contribution in [0.1, 0.15) is 0 Å². The van der Waals surface area contributed by atoms with E-state index in [1.165, 1.54) is 33.0 Å². The second kappa shape index (κ2) is 16.1. The Kier molecular flexibility index (Phi) is 9.57. The van der Waals surface area contributed by atoms with Gasteiger partial charge in [-0.1, -0.05) is 206 Å². The van der Waals surface area contributed by atoms with Crippen LogP contribution in [-0.4, -0.2) is 0 Å². The molecule has 0 saturated heterocycles. The second-order valence-corrected chi connectivity index (χ2v) is 15.7. The highest BCUT2D eigenvalue weighted by molar-refractivity contribution is 6.02. The minimum absolute atomic E-state index is 0.876. The van der Waals surface area contributed by atoms with Crippen molar-refractivity contribution in [1.29, 1.82) is 0 Å². The number of hydrogen-bond donors (Lipinski definition) is 0. The zero-order chi connectivity index (χ0) is 41.2. The minimum atomic E-state index is 0.876. The number of benzene rings is 10. The third-order valence-electron chi connectivity index (χ3n) is 11.9. The molecule has 1 heterocycles. The summed E-state index contributed by atoms with van der Waals surface area (Å²) >= 11 is 0. The molecule has 0 saturated carbocycles. The maximum absolute atomic E-state index is 6.61. The van der Waals surface area contributed by atoms with E-state index in [4.69, 9.17) is 4.42 Å². The van der Waals surface area contributed by atoms with E-state index in [-0.39, 0.29) is 0 Å². The van der Waals surface area contributed by atoms with E-state index in [0.717, 1.165) is 72.7 Å². The standard InChI is InChI=1S/C60H41NO/c1-3-16-42(17-4-1)43-32-34-46(35-33-43)55-27-9-11-30-57(55)61(52-25-14-23-49(41-52)54-29-15-21-45-18-7-8-26-53(45)54)51-38-36-44(37-39-51)48-22-13-24-50(40-48)60-59(47-19-5-2-6-20-47)56-28-10-12-31-58(56)62-60/h1-41H. The summed E-state index contributed by atoms with van der Waals surface area (Å²) in [6.07, 6.45) is 0. The van der Waals surface area contributed by atoms with E-state index in [0.29, 0.717) is 0 Å². The molecule has 0 radical (unpaired) electrons. The molecule has 0 aliphatic rings. The highest BCUT2D eigenvalue weighted by Crippen LogP contribution is 2.45. The topological polar surface area (TPSA) is 16.4 Å². The van der Waals surface area contributed by atoms with Gasteiger partial charge >= 0.3 is 0 Å². The van der Waals surface area contributed by atoms with Crippen molar-refractivity contribution in [2.24, 2.45) is 0 Å². The molecule has 0 N–H and O–H groups in total. The molecule has 11 aromatic rings. The number of nitrogens with zero attached hydrogens (tertiary/aromatic N) is 1. The summed E-state index contributed by atoms with van der Waals surface area (Å²) in [5.74, 6) is 0.876. The van der Waals surface area contributed by atoms with Crippen LogP contribution < -0.4 is 4.90 Å². The molecule has 292 valence electrons. The molecule has 0 spiro atoms. The Labute approximate surface area is 362 Å². The Hall–Kier alpha value is -8.20. The summed E-state index contributed by atoms with van der Waals surface area (Å²) in [5.41, 5.74) is 16.8. The second-order valence-electron chi connectivity index (χ2n) is 15.7. The van der Waals surface area contributed by atoms with Gasteiger partial charge in [0.15, 0.2) is 0 Å². The Morgan fingerprint density at radius 1 is 0.290 bits per heavy atom. The van der Waals surface area contributed by atoms with Gasteiger partial charge in [-0.3, -0.25) is 0 Å². The summed E-state index contributed by atoms with van der Waals surface area (Å²) in [4.78, 5) is 2.40. The fourth-order valence-corrected chi connectivity index (χ4v) is 8.89. The van der Waals surface area contributed by atoms with Crippen LogP contribution in [-0.2, 0) is 0 Å². The normalized spacial score (nSPS) is 11.2. The molecule has 1 aromatic heterocycles. The largest absolute Gasteiger partial charge is 0.455 e. The molecule has 0 fully saturated rings. The van der Waals surface area contributed by atoms with Gasteiger partial charge in [-0.15, -0.1) is 0 Å². The Bertz CT molecular complexity index is 3320. The lowest BCUT2D eigenvalue weighted by molar-refractivity contribution is 0.632. The number of anilines is 3. The van der Waals surface area contributed by atoms with Crippen molar-refractivity contribution in [2.75, 3.05) is 4.90 Å². The van der Waals surface area contributed by atoms with Gasteiger partial charge in [0, 0.05) is 33.5 Å². The van der Waals surface area contributed by atoms with Crippen LogP contribution >= 0.6 is 0 Å². The van der Waals surface area contributed by atoms with Crippen molar-refractivity contribution in [3.05, 3.63) is 249 Å². The van der Waals surface area contributed by atoms with Gasteiger partial charge in [0.2, 0.25) is 0 Å². The molecule has 0 amide bonds. The van der Waals surface area contributed by atoms with Crippen LogP contribution in [0, 0.1) is 0 Å². The molecule has 10 aromatic carbocycles. The molecule has 2 nitrogen and oxygen atoms in total. The molecule has 0 unspecified atom stereocenters. The van der Waals surface area contributed by atoms with Crippen molar-refractivity contribution in [2.45, 2.75) is 0 Å². The van der Waals surface area contributed by atoms with Crippen molar-refractivity contribution >= 4 is 38.8 Å². The van der Waals surface area contributed by atoms with E-state index in [1.807, 2.05) is 6.07 Å². The summed E-state index contributed by atoms with van der Waals surface area (Å²) in [5, 5.41) is 3.58. The molecule has 0 aliphatic heterocycles. The SMILES string of the molecule is c1ccc(-c2ccc(-c3ccccc3N(c3ccc(-c4cccc(-c5oc6ccccc6c5-c5ccccc5)c4)cc3)c3cccc(-c4cccc5ccccc45)c3)cc2)cc1. The van der Waals surface area contributed by atoms with E-state index >= 15 is 0 Å². The first-order valence-corrected chi connectivity index (χ1v) is 21.2. The molecular weight excluding hydrogens is 751 g/mol. The lowest BCUT2D eigenvalue weighted by Crippen LogP contribution is -2.11. The molecule has 0 bridgehead atoms. The van der Waals surface area contributed by atoms with E-state index < -0.39 is 0 Å². The van der Waals surface area contributed by atoms with Crippen LogP contribution in [0.3, 0.4) is 0 Å². The minimum Gasteiger partial charge on any atom is -0.455 e. The Morgan fingerprint density at radius 2 is 0.823 bits per heavy atom. The molecular formula is C60H41NO. The molecule has 62 heavy (non-hydrogen) atoms. The number of rotatable bonds is 9. The van der Waals surface area contributed by atoms with Gasteiger partial charge < -0.3 is 9.32 Å². The van der Waals surface area contributed by atoms with Crippen molar-refractivity contribution in [3.63, 3.8) is 0 Å². The predicted octanol–water partition coefficient (Wildman–Crippen LogP) is 17.1. The quantitative estimate of drug-likeness (QED) is 0.145. The zero-order valence-electron chi connectivity index (χ0n) is 34.0. The summed E-state index contributed by atoms with van der Waals surface area (Å²) in [7, 11) is 0. The zero-order valence-corrected chi connectivity index (χ0v) is 34.0. The molecule has 0 aliphatic carbocycles. The Morgan fingerprint density at radius 3 is 1.65 bits per heavy atom. The maximum atomic E-state index is 6.61. The first-order chi connectivity index (χ1) is 30.7. The smallest absolute Gasteiger partial charge is 0.143 e. The van der Waals surface area contributed by atoms with Gasteiger partial charge in [0.05, 0.1) is 5.69 Å². The summed E-state index contributed by atoms with van der Waals surface area (Å²) < 4.78 is 6.61. The highest BCUT2D eigenvalue weighted by atomic mass is 16.3. The van der Waals surface area contributed by atoms with Crippen LogP contribution in [0.5, 0.6) is 0 Å². The van der Waals surface area contributed by atoms with E-state index in [2.05, 4.69) is 248 Å². The lowest BCUT2D eigenvalue weighted by Gasteiger charge is -2.28. The third kappa shape index (κ3) is 6.94. The fourth-order valence-electron chi connectivity index (χ4n) is 8.89. The average Bonchev–Trinajstić information content (AvgIpc) is 3.75. The number of hydrogen-bond acceptors (Lipinski definition) is 2. The average molecular weight is 792 g/mol. The summed E-state index contributed by atoms with van der Waals surface area (Å²) in [6.45, 7) is 0. The first kappa shape index (κ1) is 36.8. The van der Waals surface area contributed by atoms with Crippen molar-refractivity contribution in [3.8, 4) is 67.0 Å². The highest BCUT2D eigenvalue weighted by Gasteiger charge is 2.20. The number of furan rings is 1. The van der Waals surface area contributed by atoms with Gasteiger partial charge in [-0.2, -0.15) is 0 Å². The first-order valence-electron chi connectivity index (χ1n) is 21.2. The monoisotopic (exact) mass is 791 g/mol. The van der Waals surface area contributed by atoms with Crippen LogP contribution in [0.15, 0.2) is 253 Å². The van der Waals surface area contributed by atoms with Crippen molar-refractivity contribution in [1.82, 2.24) is 0 Å². The van der Waals surface area contributed by atoms with Gasteiger partial charge in [-0.25, -0.2) is 0 Å². The summed E-state index contributed by atoms with van der Waals surface area (Å²) in [6, 6.07) is 88.9. The van der Waals surface area contributed by atoms with Crippen LogP contribution in [0.4, 0.5) is 17.1 Å². The maximum Gasteiger partial charge on any atom is 0.143 e. The predicted molar refractivity (Wildman–Crippen MR) is 261 cm³/mol. The van der Waals surface area contributed by atoms with Crippen molar-refractivity contribution < 1.29 is 4.42 Å². The van der Waals surface area contributed by atoms with Gasteiger partial charge in [0.25, 0.3) is 0 Å². The fraction of sp³-hybridized carbons (Fsp3) is 0. The lowest BCUT2D eigenvalue weighted by atomic mass is 9.96. The third-order valence-corrected chi connectivity index (χ3v) is 11.9. The molecule has 11 rings (SSSR count). The van der Waals surface area contributed by atoms with Gasteiger partial charge in [0.1, 0.15) is 11.3 Å². The van der Waals surface area contributed by atoms with Crippen LogP contribution in [0.2, 0.25) is 0 Å². The van der Waals surface area contributed by atoms with Crippen LogP contribution in [0.25, 0.3) is 88.7 Å². The molecule has 0 atom stereocenters. The van der Waals surface area contributed by atoms with E-state index in [1.54, 1.807) is 0 Å². The Balaban J connectivity index is 1.01. The number of fused-ring (bicyclic) bond motifs is 2. The van der Waals surface area contributed by atoms with Gasteiger partial charge in [-0.05, 0) is 97.7 Å². The number of para-hydroxylation sites is 2. The molecule has 2 heteroatoms. The van der Waals surface area contributed by atoms with E-state index in [9.17, 15) is 0 Å².